The lowest BCUT2D eigenvalue weighted by molar-refractivity contribution is -0.559. The van der Waals surface area contributed by atoms with Gasteiger partial charge >= 0.3 is 5.97 Å². The highest BCUT2D eigenvalue weighted by Crippen LogP contribution is 2.59. The molecule has 7 atom stereocenters. The first-order valence-corrected chi connectivity index (χ1v) is 7.71. The number of ether oxygens (including phenoxy) is 2. The van der Waals surface area contributed by atoms with Gasteiger partial charge in [0.2, 0.25) is 12.1 Å². The Morgan fingerprint density at radius 3 is 2.70 bits per heavy atom. The van der Waals surface area contributed by atoms with E-state index in [-0.39, 0.29) is 17.8 Å². The summed E-state index contributed by atoms with van der Waals surface area (Å²) in [6.07, 6.45) is 3.24. The molecule has 6 unspecified atom stereocenters. The minimum absolute atomic E-state index is 0.123. The number of hydrogen-bond acceptors (Lipinski definition) is 5. The van der Waals surface area contributed by atoms with Crippen molar-refractivity contribution in [3.8, 4) is 0 Å². The van der Waals surface area contributed by atoms with E-state index in [4.69, 9.17) is 19.2 Å². The molecule has 5 aliphatic rings. The molecular weight excluding hydrogens is 260 g/mol. The van der Waals surface area contributed by atoms with Gasteiger partial charge in [-0.15, -0.1) is 0 Å². The summed E-state index contributed by atoms with van der Waals surface area (Å²) in [7, 11) is 0. The summed E-state index contributed by atoms with van der Waals surface area (Å²) in [5.41, 5.74) is -0.610. The van der Waals surface area contributed by atoms with Crippen LogP contribution < -0.4 is 0 Å². The molecule has 5 heteroatoms. The lowest BCUT2D eigenvalue weighted by atomic mass is 9.58. The zero-order valence-corrected chi connectivity index (χ0v) is 12.3. The molecule has 20 heavy (non-hydrogen) atoms. The third-order valence-electron chi connectivity index (χ3n) is 5.97. The van der Waals surface area contributed by atoms with Gasteiger partial charge in [0.1, 0.15) is 0 Å². The van der Waals surface area contributed by atoms with Crippen LogP contribution in [0.3, 0.4) is 0 Å². The maximum Gasteiger partial charge on any atom is 0.311 e. The van der Waals surface area contributed by atoms with Gasteiger partial charge in [0.05, 0.1) is 5.92 Å². The van der Waals surface area contributed by atoms with E-state index >= 15 is 0 Å². The Hall–Kier alpha value is -0.650. The topological polar surface area (TPSA) is 54.0 Å². The monoisotopic (exact) mass is 282 g/mol. The van der Waals surface area contributed by atoms with E-state index in [9.17, 15) is 4.79 Å². The first-order valence-electron chi connectivity index (χ1n) is 7.71. The molecule has 1 saturated carbocycles. The third-order valence-corrected chi connectivity index (χ3v) is 5.97. The molecule has 0 radical (unpaired) electrons. The number of carbonyl (C=O) groups excluding carboxylic acids is 1. The van der Waals surface area contributed by atoms with Crippen LogP contribution in [-0.2, 0) is 24.0 Å². The molecule has 112 valence electrons. The van der Waals surface area contributed by atoms with Crippen molar-refractivity contribution in [2.75, 3.05) is 0 Å². The first-order chi connectivity index (χ1) is 9.46. The number of fused-ring (bicyclic) bond motifs is 2. The Kier molecular flexibility index (Phi) is 2.58. The molecule has 0 N–H and O–H groups in total. The Morgan fingerprint density at radius 1 is 1.10 bits per heavy atom. The predicted octanol–water partition coefficient (Wildman–Crippen LogP) is 2.39. The van der Waals surface area contributed by atoms with Gasteiger partial charge in [-0.3, -0.25) is 4.79 Å². The van der Waals surface area contributed by atoms with Crippen molar-refractivity contribution in [3.05, 3.63) is 0 Å². The van der Waals surface area contributed by atoms with Crippen LogP contribution in [0, 0.1) is 23.7 Å². The van der Waals surface area contributed by atoms with Gasteiger partial charge < -0.3 is 9.47 Å². The molecule has 0 aromatic rings. The predicted molar refractivity (Wildman–Crippen MR) is 68.0 cm³/mol. The lowest BCUT2D eigenvalue weighted by Gasteiger charge is -2.57. The molecule has 4 heterocycles. The number of rotatable bonds is 0. The van der Waals surface area contributed by atoms with E-state index < -0.39 is 17.7 Å². The van der Waals surface area contributed by atoms with E-state index in [0.717, 1.165) is 25.7 Å². The molecule has 1 aliphatic carbocycles. The van der Waals surface area contributed by atoms with Gasteiger partial charge in [-0.1, -0.05) is 13.8 Å². The maximum atomic E-state index is 12.1. The molecule has 5 fully saturated rings. The fourth-order valence-electron chi connectivity index (χ4n) is 4.76. The van der Waals surface area contributed by atoms with Crippen LogP contribution in [0.15, 0.2) is 0 Å². The van der Waals surface area contributed by atoms with E-state index in [0.29, 0.717) is 11.8 Å². The molecule has 2 bridgehead atoms. The Balaban J connectivity index is 1.84. The molecule has 4 aliphatic heterocycles. The Labute approximate surface area is 118 Å². The molecule has 0 aromatic carbocycles. The molecule has 0 aromatic heterocycles. The smallest absolute Gasteiger partial charge is 0.311 e. The van der Waals surface area contributed by atoms with Crippen molar-refractivity contribution in [1.29, 1.82) is 0 Å². The summed E-state index contributed by atoms with van der Waals surface area (Å²) in [5.74, 6) is -0.137. The Morgan fingerprint density at radius 2 is 1.90 bits per heavy atom. The molecule has 0 amide bonds. The summed E-state index contributed by atoms with van der Waals surface area (Å²) in [4.78, 5) is 23.7. The van der Waals surface area contributed by atoms with Gasteiger partial charge in [-0.05, 0) is 32.1 Å². The van der Waals surface area contributed by atoms with Gasteiger partial charge in [-0.25, -0.2) is 9.78 Å². The summed E-state index contributed by atoms with van der Waals surface area (Å²) in [6, 6.07) is 0. The largest absolute Gasteiger partial charge is 0.432 e. The van der Waals surface area contributed by atoms with Crippen molar-refractivity contribution in [2.45, 2.75) is 64.1 Å². The fraction of sp³-hybridized carbons (Fsp3) is 0.933. The third kappa shape index (κ3) is 1.46. The SMILES string of the molecule is CC1CCC2C(C)C(=O)OC3OC4(C)CCC1[C@]32OO4. The average molecular weight is 282 g/mol. The highest BCUT2D eigenvalue weighted by Gasteiger charge is 2.69. The van der Waals surface area contributed by atoms with Crippen LogP contribution in [0.5, 0.6) is 0 Å². The van der Waals surface area contributed by atoms with Crippen molar-refractivity contribution in [3.63, 3.8) is 0 Å². The quantitative estimate of drug-likeness (QED) is 0.504. The molecule has 4 saturated heterocycles. The molecule has 5 nitrogen and oxygen atoms in total. The first kappa shape index (κ1) is 13.0. The van der Waals surface area contributed by atoms with Gasteiger partial charge in [0.25, 0.3) is 0 Å². The second-order valence-corrected chi connectivity index (χ2v) is 7.14. The molecular formula is C15H22O5. The Bertz CT molecular complexity index is 452. The van der Waals surface area contributed by atoms with Crippen LogP contribution in [0.1, 0.15) is 46.5 Å². The van der Waals surface area contributed by atoms with E-state index in [1.807, 2.05) is 13.8 Å². The molecule has 1 spiro atoms. The number of carbonyl (C=O) groups is 1. The highest BCUT2D eigenvalue weighted by molar-refractivity contribution is 5.74. The van der Waals surface area contributed by atoms with Crippen molar-refractivity contribution in [2.24, 2.45) is 23.7 Å². The van der Waals surface area contributed by atoms with Crippen molar-refractivity contribution in [1.82, 2.24) is 0 Å². The second-order valence-electron chi connectivity index (χ2n) is 7.14. The zero-order valence-electron chi connectivity index (χ0n) is 12.3. The zero-order chi connectivity index (χ0) is 14.1. The minimum atomic E-state index is -0.793. The molecule has 5 rings (SSSR count). The maximum absolute atomic E-state index is 12.1. The van der Waals surface area contributed by atoms with Crippen LogP contribution in [-0.4, -0.2) is 23.6 Å². The average Bonchev–Trinajstić information content (AvgIpc) is 2.63. The van der Waals surface area contributed by atoms with Crippen molar-refractivity contribution >= 4 is 5.97 Å². The lowest BCUT2D eigenvalue weighted by Crippen LogP contribution is -2.69. The van der Waals surface area contributed by atoms with E-state index in [1.165, 1.54) is 0 Å². The number of hydrogen-bond donors (Lipinski definition) is 0. The minimum Gasteiger partial charge on any atom is -0.432 e. The second kappa shape index (κ2) is 3.96. The highest BCUT2D eigenvalue weighted by atomic mass is 17.3. The number of esters is 1. The summed E-state index contributed by atoms with van der Waals surface area (Å²) >= 11 is 0. The normalized spacial score (nSPS) is 57.8. The van der Waals surface area contributed by atoms with Crippen LogP contribution in [0.4, 0.5) is 0 Å². The van der Waals surface area contributed by atoms with Crippen LogP contribution >= 0.6 is 0 Å². The van der Waals surface area contributed by atoms with Crippen LogP contribution in [0.25, 0.3) is 0 Å². The van der Waals surface area contributed by atoms with Gasteiger partial charge in [0.15, 0.2) is 5.60 Å². The summed E-state index contributed by atoms with van der Waals surface area (Å²) in [6.45, 7) is 6.06. The van der Waals surface area contributed by atoms with E-state index in [2.05, 4.69) is 6.92 Å². The standard InChI is InChI=1S/C15H22O5/c1-8-4-5-11-9(2)12(16)17-13-15(11)10(8)6-7-14(3,18-13)19-20-15/h8-11,13H,4-7H2,1-3H3/t8?,9?,10?,11?,13?,14?,15-/m1/s1. The van der Waals surface area contributed by atoms with Crippen molar-refractivity contribution < 1.29 is 24.0 Å². The fourth-order valence-corrected chi connectivity index (χ4v) is 4.76. The van der Waals surface area contributed by atoms with Gasteiger partial charge in [-0.2, -0.15) is 0 Å². The van der Waals surface area contributed by atoms with Gasteiger partial charge in [0, 0.05) is 18.3 Å². The summed E-state index contributed by atoms with van der Waals surface area (Å²) in [5, 5.41) is 0. The summed E-state index contributed by atoms with van der Waals surface area (Å²) < 4.78 is 11.6. The van der Waals surface area contributed by atoms with Crippen LogP contribution in [0.2, 0.25) is 0 Å². The van der Waals surface area contributed by atoms with E-state index in [1.54, 1.807) is 0 Å².